The number of aromatic nitrogens is 1. The zero-order valence-corrected chi connectivity index (χ0v) is 15.2. The summed E-state index contributed by atoms with van der Waals surface area (Å²) in [6.07, 6.45) is 0. The molecule has 0 fully saturated rings. The molecule has 0 bridgehead atoms. The second-order valence-corrected chi connectivity index (χ2v) is 6.85. The van der Waals surface area contributed by atoms with Gasteiger partial charge in [0.25, 0.3) is 0 Å². The maximum absolute atomic E-state index is 12.7. The van der Waals surface area contributed by atoms with Gasteiger partial charge in [0.1, 0.15) is 16.8 Å². The molecule has 0 radical (unpaired) electrons. The second-order valence-electron chi connectivity index (χ2n) is 5.64. The second kappa shape index (κ2) is 9.10. The van der Waals surface area contributed by atoms with Crippen molar-refractivity contribution in [2.45, 2.75) is 12.2 Å². The van der Waals surface area contributed by atoms with Crippen molar-refractivity contribution in [3.8, 4) is 5.75 Å². The van der Waals surface area contributed by atoms with Gasteiger partial charge in [-0.25, -0.2) is 0 Å². The zero-order chi connectivity index (χ0) is 18.2. The van der Waals surface area contributed by atoms with Gasteiger partial charge in [0.2, 0.25) is 5.91 Å². The molecule has 1 amide bonds. The molecule has 0 aliphatic rings. The third kappa shape index (κ3) is 5.13. The van der Waals surface area contributed by atoms with Crippen LogP contribution in [0.25, 0.3) is 0 Å². The highest BCUT2D eigenvalue weighted by atomic mass is 32.2. The highest BCUT2D eigenvalue weighted by Gasteiger charge is 2.22. The van der Waals surface area contributed by atoms with Crippen LogP contribution in [0, 0.1) is 6.92 Å². The van der Waals surface area contributed by atoms with Gasteiger partial charge in [-0.1, -0.05) is 53.7 Å². The molecule has 1 unspecified atom stereocenters. The van der Waals surface area contributed by atoms with Crippen molar-refractivity contribution in [1.82, 2.24) is 5.16 Å². The van der Waals surface area contributed by atoms with Gasteiger partial charge in [-0.2, -0.15) is 0 Å². The summed E-state index contributed by atoms with van der Waals surface area (Å²) in [4.78, 5) is 12.7. The summed E-state index contributed by atoms with van der Waals surface area (Å²) >= 11 is 1.53. The minimum absolute atomic E-state index is 0.130. The Balaban J connectivity index is 1.61. The lowest BCUT2D eigenvalue weighted by atomic mass is 10.1. The van der Waals surface area contributed by atoms with E-state index in [9.17, 15) is 4.79 Å². The number of hydrogen-bond acceptors (Lipinski definition) is 5. The van der Waals surface area contributed by atoms with Gasteiger partial charge in [-0.05, 0) is 24.6 Å². The first-order valence-corrected chi connectivity index (χ1v) is 9.36. The molecule has 2 aromatic carbocycles. The smallest absolute Gasteiger partial charge is 0.243 e. The van der Waals surface area contributed by atoms with Crippen molar-refractivity contribution < 1.29 is 14.1 Å². The van der Waals surface area contributed by atoms with Gasteiger partial charge in [0.05, 0.1) is 6.61 Å². The molecule has 26 heavy (non-hydrogen) atoms. The van der Waals surface area contributed by atoms with Crippen molar-refractivity contribution in [2.24, 2.45) is 0 Å². The van der Waals surface area contributed by atoms with Crippen LogP contribution in [0.5, 0.6) is 5.75 Å². The van der Waals surface area contributed by atoms with E-state index in [1.54, 1.807) is 13.0 Å². The van der Waals surface area contributed by atoms with Gasteiger partial charge < -0.3 is 14.6 Å². The van der Waals surface area contributed by atoms with E-state index in [0.29, 0.717) is 23.9 Å². The predicted molar refractivity (Wildman–Crippen MR) is 103 cm³/mol. The Morgan fingerprint density at radius 1 is 1.15 bits per heavy atom. The number of hydrogen-bond donors (Lipinski definition) is 1. The fourth-order valence-corrected chi connectivity index (χ4v) is 3.39. The molecule has 0 aliphatic carbocycles. The Morgan fingerprint density at radius 2 is 1.85 bits per heavy atom. The van der Waals surface area contributed by atoms with Crippen LogP contribution in [-0.4, -0.2) is 23.4 Å². The Hall–Kier alpha value is -2.73. The fourth-order valence-electron chi connectivity index (χ4n) is 2.41. The molecular weight excluding hydrogens is 348 g/mol. The molecule has 1 aromatic heterocycles. The van der Waals surface area contributed by atoms with E-state index in [1.807, 2.05) is 60.7 Å². The Kier molecular flexibility index (Phi) is 6.33. The molecule has 3 rings (SSSR count). The number of carbonyl (C=O) groups excluding carboxylic acids is 1. The van der Waals surface area contributed by atoms with Crippen LogP contribution in [0.1, 0.15) is 16.6 Å². The van der Waals surface area contributed by atoms with E-state index in [0.717, 1.165) is 11.3 Å². The highest BCUT2D eigenvalue weighted by molar-refractivity contribution is 8.00. The first kappa shape index (κ1) is 18.1. The minimum atomic E-state index is -0.354. The van der Waals surface area contributed by atoms with Crippen molar-refractivity contribution in [2.75, 3.05) is 17.7 Å². The lowest BCUT2D eigenvalue weighted by molar-refractivity contribution is -0.115. The fraction of sp³-hybridized carbons (Fsp3) is 0.200. The standard InChI is InChI=1S/C20H20N2O3S/c1-15-14-18(22-25-15)21-20(23)19(16-8-4-2-5-9-16)26-13-12-24-17-10-6-3-7-11-17/h2-11,14,19H,12-13H2,1H3,(H,21,22,23). The Morgan fingerprint density at radius 3 is 2.50 bits per heavy atom. The molecule has 6 heteroatoms. The molecule has 1 N–H and O–H groups in total. The molecule has 3 aromatic rings. The molecule has 0 spiro atoms. The van der Waals surface area contributed by atoms with Gasteiger partial charge >= 0.3 is 0 Å². The average molecular weight is 368 g/mol. The van der Waals surface area contributed by atoms with Crippen LogP contribution in [-0.2, 0) is 4.79 Å². The summed E-state index contributed by atoms with van der Waals surface area (Å²) < 4.78 is 10.7. The SMILES string of the molecule is Cc1cc(NC(=O)C(SCCOc2ccccc2)c2ccccc2)no1. The van der Waals surface area contributed by atoms with Crippen LogP contribution in [0.15, 0.2) is 71.3 Å². The topological polar surface area (TPSA) is 64.4 Å². The van der Waals surface area contributed by atoms with Crippen molar-refractivity contribution in [3.05, 3.63) is 78.1 Å². The first-order chi connectivity index (χ1) is 12.7. The summed E-state index contributed by atoms with van der Waals surface area (Å²) in [5.74, 6) is 2.45. The summed E-state index contributed by atoms with van der Waals surface area (Å²) in [5.41, 5.74) is 0.940. The third-order valence-corrected chi connectivity index (χ3v) is 4.82. The van der Waals surface area contributed by atoms with Crippen LogP contribution < -0.4 is 10.1 Å². The molecule has 134 valence electrons. The summed E-state index contributed by atoms with van der Waals surface area (Å²) in [7, 11) is 0. The number of anilines is 1. The number of aryl methyl sites for hydroxylation is 1. The van der Waals surface area contributed by atoms with Crippen LogP contribution in [0.3, 0.4) is 0 Å². The number of amides is 1. The van der Waals surface area contributed by atoms with Crippen LogP contribution in [0.4, 0.5) is 5.82 Å². The van der Waals surface area contributed by atoms with Gasteiger partial charge in [0.15, 0.2) is 5.82 Å². The molecule has 1 atom stereocenters. The molecule has 0 aliphatic heterocycles. The quantitative estimate of drug-likeness (QED) is 0.594. The summed E-state index contributed by atoms with van der Waals surface area (Å²) in [6, 6.07) is 21.0. The minimum Gasteiger partial charge on any atom is -0.493 e. The van der Waals surface area contributed by atoms with Crippen molar-refractivity contribution >= 4 is 23.5 Å². The summed E-state index contributed by atoms with van der Waals surface area (Å²) in [6.45, 7) is 2.31. The maximum atomic E-state index is 12.7. The number of nitrogens with one attached hydrogen (secondary N) is 1. The zero-order valence-electron chi connectivity index (χ0n) is 14.4. The van der Waals surface area contributed by atoms with Gasteiger partial charge in [-0.3, -0.25) is 4.79 Å². The lowest BCUT2D eigenvalue weighted by Gasteiger charge is -2.16. The van der Waals surface area contributed by atoms with Crippen molar-refractivity contribution in [1.29, 1.82) is 0 Å². The van der Waals surface area contributed by atoms with E-state index in [-0.39, 0.29) is 11.2 Å². The number of thioether (sulfide) groups is 1. The molecule has 0 saturated carbocycles. The predicted octanol–water partition coefficient (Wildman–Crippen LogP) is 4.48. The van der Waals surface area contributed by atoms with E-state index in [4.69, 9.17) is 9.26 Å². The largest absolute Gasteiger partial charge is 0.493 e. The summed E-state index contributed by atoms with van der Waals surface area (Å²) in [5, 5.41) is 6.29. The number of benzene rings is 2. The van der Waals surface area contributed by atoms with E-state index in [1.165, 1.54) is 11.8 Å². The third-order valence-electron chi connectivity index (χ3n) is 3.60. The van der Waals surface area contributed by atoms with Gasteiger partial charge in [0, 0.05) is 11.8 Å². The Bertz CT molecular complexity index is 821. The molecule has 1 heterocycles. The lowest BCUT2D eigenvalue weighted by Crippen LogP contribution is -2.20. The van der Waals surface area contributed by atoms with Gasteiger partial charge in [-0.15, -0.1) is 11.8 Å². The Labute approximate surface area is 156 Å². The number of nitrogens with zero attached hydrogens (tertiary/aromatic N) is 1. The maximum Gasteiger partial charge on any atom is 0.243 e. The van der Waals surface area contributed by atoms with Crippen LogP contribution in [0.2, 0.25) is 0 Å². The molecular formula is C20H20N2O3S. The number of ether oxygens (including phenoxy) is 1. The number of para-hydroxylation sites is 1. The van der Waals surface area contributed by atoms with E-state index in [2.05, 4.69) is 10.5 Å². The number of carbonyl (C=O) groups is 1. The highest BCUT2D eigenvalue weighted by Crippen LogP contribution is 2.30. The normalized spacial score (nSPS) is 11.7. The van der Waals surface area contributed by atoms with Crippen molar-refractivity contribution in [3.63, 3.8) is 0 Å². The van der Waals surface area contributed by atoms with E-state index < -0.39 is 0 Å². The monoisotopic (exact) mass is 368 g/mol. The van der Waals surface area contributed by atoms with E-state index >= 15 is 0 Å². The number of rotatable bonds is 8. The average Bonchev–Trinajstić information content (AvgIpc) is 3.08. The first-order valence-electron chi connectivity index (χ1n) is 8.31. The molecule has 0 saturated heterocycles. The van der Waals surface area contributed by atoms with Crippen LogP contribution >= 0.6 is 11.8 Å². The molecule has 5 nitrogen and oxygen atoms in total.